The molecule has 176 valence electrons. The molecule has 0 spiro atoms. The van der Waals surface area contributed by atoms with E-state index in [-0.39, 0.29) is 10.8 Å². The normalized spacial score (nSPS) is 14.2. The van der Waals surface area contributed by atoms with E-state index >= 15 is 0 Å². The molecule has 0 atom stereocenters. The molecule has 0 radical (unpaired) electrons. The molecule has 5 heteroatoms. The van der Waals surface area contributed by atoms with Crippen molar-refractivity contribution >= 4 is 0 Å². The van der Waals surface area contributed by atoms with Crippen molar-refractivity contribution in [2.75, 3.05) is 13.2 Å². The topological polar surface area (TPSA) is 67.5 Å². The van der Waals surface area contributed by atoms with E-state index in [4.69, 9.17) is 14.1 Å². The molecule has 2 heterocycles. The Labute approximate surface area is 197 Å². The van der Waals surface area contributed by atoms with Gasteiger partial charge in [0.25, 0.3) is 0 Å². The summed E-state index contributed by atoms with van der Waals surface area (Å²) in [7, 11) is 0. The summed E-state index contributed by atoms with van der Waals surface area (Å²) in [6, 6.07) is 10.3. The molecule has 0 saturated heterocycles. The summed E-state index contributed by atoms with van der Waals surface area (Å²) in [5.74, 6) is 1.84. The third-order valence-electron chi connectivity index (χ3n) is 6.22. The van der Waals surface area contributed by atoms with Gasteiger partial charge < -0.3 is 19.6 Å². The Balaban J connectivity index is 1.50. The summed E-state index contributed by atoms with van der Waals surface area (Å²) in [6.45, 7) is 15.1. The number of nitrogens with zero attached hydrogens (tertiary/aromatic N) is 1. The van der Waals surface area contributed by atoms with Gasteiger partial charge in [-0.05, 0) is 59.2 Å². The van der Waals surface area contributed by atoms with Crippen molar-refractivity contribution in [2.24, 2.45) is 0 Å². The number of phenols is 1. The number of aromatic hydroxyl groups is 1. The van der Waals surface area contributed by atoms with Crippen LogP contribution in [0.3, 0.4) is 0 Å². The van der Waals surface area contributed by atoms with Gasteiger partial charge in [0.2, 0.25) is 5.89 Å². The second kappa shape index (κ2) is 8.86. The number of fused-ring (bicyclic) bond motifs is 1. The maximum absolute atomic E-state index is 11.0. The predicted octanol–water partition coefficient (Wildman–Crippen LogP) is 5.91. The Morgan fingerprint density at radius 3 is 2.36 bits per heavy atom. The number of nitrogens with one attached hydrogen (secondary N) is 1. The second-order valence-corrected chi connectivity index (χ2v) is 11.0. The molecule has 0 aliphatic carbocycles. The minimum atomic E-state index is -0.200. The van der Waals surface area contributed by atoms with E-state index in [0.717, 1.165) is 47.6 Å². The summed E-state index contributed by atoms with van der Waals surface area (Å²) in [5.41, 5.74) is 5.86. The van der Waals surface area contributed by atoms with E-state index in [9.17, 15) is 5.11 Å². The maximum atomic E-state index is 11.0. The van der Waals surface area contributed by atoms with Crippen molar-refractivity contribution in [3.8, 4) is 23.0 Å². The van der Waals surface area contributed by atoms with Crippen LogP contribution in [0.1, 0.15) is 69.5 Å². The molecule has 2 aromatic carbocycles. The lowest BCUT2D eigenvalue weighted by Crippen LogP contribution is -2.23. The van der Waals surface area contributed by atoms with Crippen molar-refractivity contribution in [3.63, 3.8) is 0 Å². The van der Waals surface area contributed by atoms with Gasteiger partial charge in [0.1, 0.15) is 17.8 Å². The molecule has 0 bridgehead atoms. The fourth-order valence-corrected chi connectivity index (χ4v) is 4.27. The van der Waals surface area contributed by atoms with Gasteiger partial charge in [-0.3, -0.25) is 0 Å². The summed E-state index contributed by atoms with van der Waals surface area (Å²) in [5, 5.41) is 14.4. The molecule has 2 N–H and O–H groups in total. The van der Waals surface area contributed by atoms with E-state index in [2.05, 4.69) is 59.0 Å². The van der Waals surface area contributed by atoms with E-state index in [1.807, 2.05) is 18.2 Å². The zero-order chi connectivity index (χ0) is 23.8. The SMILES string of the molecule is CC(C)(C)c1cc(-c2nc(CCOc3ccc4c(c3)CCNC4)co2)cc(C(C)(C)C)c1O. The highest BCUT2D eigenvalue weighted by molar-refractivity contribution is 5.63. The molecule has 1 aliphatic rings. The van der Waals surface area contributed by atoms with Gasteiger partial charge in [-0.2, -0.15) is 0 Å². The second-order valence-electron chi connectivity index (χ2n) is 11.0. The molecule has 33 heavy (non-hydrogen) atoms. The van der Waals surface area contributed by atoms with Crippen LogP contribution in [-0.4, -0.2) is 23.2 Å². The number of hydrogen-bond donors (Lipinski definition) is 2. The summed E-state index contributed by atoms with van der Waals surface area (Å²) in [6.07, 6.45) is 3.41. The van der Waals surface area contributed by atoms with Crippen LogP contribution in [0, 0.1) is 0 Å². The van der Waals surface area contributed by atoms with Crippen molar-refractivity contribution in [1.29, 1.82) is 0 Å². The molecular formula is C28H36N2O3. The van der Waals surface area contributed by atoms with Gasteiger partial charge in [-0.1, -0.05) is 47.6 Å². The Kier molecular flexibility index (Phi) is 6.28. The Bertz CT molecular complexity index is 1100. The summed E-state index contributed by atoms with van der Waals surface area (Å²) in [4.78, 5) is 4.72. The third kappa shape index (κ3) is 5.25. The summed E-state index contributed by atoms with van der Waals surface area (Å²) >= 11 is 0. The minimum Gasteiger partial charge on any atom is -0.507 e. The van der Waals surface area contributed by atoms with Gasteiger partial charge in [0.05, 0.1) is 12.3 Å². The first kappa shape index (κ1) is 23.4. The molecule has 3 aromatic rings. The van der Waals surface area contributed by atoms with Crippen molar-refractivity contribution in [1.82, 2.24) is 10.3 Å². The molecule has 0 amide bonds. The number of oxazole rings is 1. The Hall–Kier alpha value is -2.79. The van der Waals surface area contributed by atoms with E-state index < -0.39 is 0 Å². The number of phenolic OH excluding ortho intramolecular Hbond substituents is 1. The van der Waals surface area contributed by atoms with Crippen LogP contribution < -0.4 is 10.1 Å². The Morgan fingerprint density at radius 1 is 1.00 bits per heavy atom. The van der Waals surface area contributed by atoms with E-state index in [0.29, 0.717) is 24.7 Å². The van der Waals surface area contributed by atoms with Gasteiger partial charge in [0, 0.05) is 29.7 Å². The van der Waals surface area contributed by atoms with Gasteiger partial charge in [-0.25, -0.2) is 4.98 Å². The first-order chi connectivity index (χ1) is 15.5. The zero-order valence-corrected chi connectivity index (χ0v) is 20.7. The van der Waals surface area contributed by atoms with E-state index in [1.54, 1.807) is 6.26 Å². The molecule has 4 rings (SSSR count). The average molecular weight is 449 g/mol. The fraction of sp³-hybridized carbons (Fsp3) is 0.464. The van der Waals surface area contributed by atoms with Crippen molar-refractivity contribution in [3.05, 3.63) is 64.5 Å². The van der Waals surface area contributed by atoms with Gasteiger partial charge in [-0.15, -0.1) is 0 Å². The molecule has 0 saturated carbocycles. The first-order valence-electron chi connectivity index (χ1n) is 11.8. The first-order valence-corrected chi connectivity index (χ1v) is 11.8. The van der Waals surface area contributed by atoms with E-state index in [1.165, 1.54) is 11.1 Å². The monoisotopic (exact) mass is 448 g/mol. The van der Waals surface area contributed by atoms with Crippen LogP contribution in [0.2, 0.25) is 0 Å². The zero-order valence-electron chi connectivity index (χ0n) is 20.7. The number of ether oxygens (including phenoxy) is 1. The van der Waals surface area contributed by atoms with Crippen molar-refractivity contribution in [2.45, 2.75) is 71.8 Å². The molecular weight excluding hydrogens is 412 g/mol. The third-order valence-corrected chi connectivity index (χ3v) is 6.22. The molecule has 0 unspecified atom stereocenters. The maximum Gasteiger partial charge on any atom is 0.226 e. The van der Waals surface area contributed by atoms with Gasteiger partial charge in [0.15, 0.2) is 0 Å². The van der Waals surface area contributed by atoms with Crippen LogP contribution in [0.4, 0.5) is 0 Å². The largest absolute Gasteiger partial charge is 0.507 e. The highest BCUT2D eigenvalue weighted by atomic mass is 16.5. The van der Waals surface area contributed by atoms with Crippen LogP contribution in [0.5, 0.6) is 11.5 Å². The standard InChI is InChI=1S/C28H36N2O3/c1-27(2,3)23-14-20(15-24(25(23)31)28(4,5)6)26-30-21(17-33-26)10-12-32-22-8-7-19-16-29-11-9-18(19)13-22/h7-8,13-15,17,29,31H,9-12,16H2,1-6H3. The lowest BCUT2D eigenvalue weighted by Gasteiger charge is -2.27. The lowest BCUT2D eigenvalue weighted by molar-refractivity contribution is 0.320. The fourth-order valence-electron chi connectivity index (χ4n) is 4.27. The molecule has 5 nitrogen and oxygen atoms in total. The Morgan fingerprint density at radius 2 is 1.70 bits per heavy atom. The average Bonchev–Trinajstić information content (AvgIpc) is 3.21. The highest BCUT2D eigenvalue weighted by Crippen LogP contribution is 2.41. The summed E-state index contributed by atoms with van der Waals surface area (Å²) < 4.78 is 11.8. The van der Waals surface area contributed by atoms with Crippen LogP contribution in [0.15, 0.2) is 41.0 Å². The van der Waals surface area contributed by atoms with Crippen LogP contribution >= 0.6 is 0 Å². The van der Waals surface area contributed by atoms with Crippen LogP contribution in [-0.2, 0) is 30.2 Å². The molecule has 0 fully saturated rings. The smallest absolute Gasteiger partial charge is 0.226 e. The van der Waals surface area contributed by atoms with Gasteiger partial charge >= 0.3 is 0 Å². The van der Waals surface area contributed by atoms with Crippen molar-refractivity contribution < 1.29 is 14.3 Å². The lowest BCUT2D eigenvalue weighted by atomic mass is 9.78. The number of benzene rings is 2. The molecule has 1 aromatic heterocycles. The number of aromatic nitrogens is 1. The quantitative estimate of drug-likeness (QED) is 0.508. The minimum absolute atomic E-state index is 0.200. The highest BCUT2D eigenvalue weighted by Gasteiger charge is 2.27. The van der Waals surface area contributed by atoms with Crippen LogP contribution in [0.25, 0.3) is 11.5 Å². The predicted molar refractivity (Wildman–Crippen MR) is 132 cm³/mol. The molecule has 1 aliphatic heterocycles. The number of hydrogen-bond acceptors (Lipinski definition) is 5. The number of rotatable bonds is 5.